The second kappa shape index (κ2) is 11.0. The summed E-state index contributed by atoms with van der Waals surface area (Å²) < 4.78 is 31.7. The predicted octanol–water partition coefficient (Wildman–Crippen LogP) is 3.62. The van der Waals surface area contributed by atoms with Gasteiger partial charge in [0.1, 0.15) is 0 Å². The second-order valence-corrected chi connectivity index (χ2v) is 8.53. The van der Waals surface area contributed by atoms with Gasteiger partial charge < -0.3 is 4.74 Å². The van der Waals surface area contributed by atoms with E-state index in [9.17, 15) is 13.2 Å². The Morgan fingerprint density at radius 3 is 2.29 bits per heavy atom. The molecular weight excluding hydrogens is 398 g/mol. The van der Waals surface area contributed by atoms with Gasteiger partial charge in [-0.25, -0.2) is 17.9 Å². The van der Waals surface area contributed by atoms with E-state index in [1.54, 1.807) is 25.1 Å². The van der Waals surface area contributed by atoms with E-state index < -0.39 is 10.0 Å². The Hall–Kier alpha value is -2.15. The van der Waals surface area contributed by atoms with Crippen molar-refractivity contribution in [3.8, 4) is 0 Å². The number of benzene rings is 2. The Morgan fingerprint density at radius 2 is 1.64 bits per heavy atom. The molecule has 0 spiro atoms. The highest BCUT2D eigenvalue weighted by Crippen LogP contribution is 2.11. The molecule has 1 N–H and O–H groups in total. The Morgan fingerprint density at radius 1 is 1.04 bits per heavy atom. The summed E-state index contributed by atoms with van der Waals surface area (Å²) in [6.07, 6.45) is 4.09. The van der Waals surface area contributed by atoms with E-state index in [1.807, 2.05) is 36.4 Å². The Balaban J connectivity index is 1.77. The largest absolute Gasteiger partial charge is 0.463 e. The number of halogens is 1. The van der Waals surface area contributed by atoms with Crippen molar-refractivity contribution < 1.29 is 17.9 Å². The van der Waals surface area contributed by atoms with Crippen molar-refractivity contribution in [2.24, 2.45) is 0 Å². The Bertz CT molecular complexity index is 891. The molecule has 2 rings (SSSR count). The minimum Gasteiger partial charge on any atom is -0.463 e. The predicted molar refractivity (Wildman–Crippen MR) is 113 cm³/mol. The quantitative estimate of drug-likeness (QED) is 0.469. The number of nitrogens with one attached hydrogen (secondary N) is 1. The fourth-order valence-electron chi connectivity index (χ4n) is 2.48. The summed E-state index contributed by atoms with van der Waals surface area (Å²) in [6, 6.07) is 14.7. The number of rotatable bonds is 10. The van der Waals surface area contributed by atoms with E-state index in [2.05, 4.69) is 4.72 Å². The van der Waals surface area contributed by atoms with Gasteiger partial charge in [-0.05, 0) is 54.7 Å². The van der Waals surface area contributed by atoms with Crippen LogP contribution < -0.4 is 4.72 Å². The van der Waals surface area contributed by atoms with E-state index in [4.69, 9.17) is 16.3 Å². The van der Waals surface area contributed by atoms with Crippen LogP contribution in [0.2, 0.25) is 5.02 Å². The second-order valence-electron chi connectivity index (χ2n) is 6.17. The molecule has 0 aliphatic carbocycles. The van der Waals surface area contributed by atoms with Crippen LogP contribution in [0.4, 0.5) is 0 Å². The molecule has 0 aromatic heterocycles. The smallest absolute Gasteiger partial charge is 0.330 e. The zero-order valence-corrected chi connectivity index (χ0v) is 17.3. The van der Waals surface area contributed by atoms with Gasteiger partial charge in [-0.15, -0.1) is 0 Å². The summed E-state index contributed by atoms with van der Waals surface area (Å²) in [4.78, 5) is 11.3. The van der Waals surface area contributed by atoms with Crippen LogP contribution in [0.1, 0.15) is 23.6 Å². The van der Waals surface area contributed by atoms with Crippen LogP contribution in [0.5, 0.6) is 0 Å². The molecule has 0 aliphatic rings. The molecule has 5 nitrogen and oxygen atoms in total. The highest BCUT2D eigenvalue weighted by atomic mass is 35.5. The van der Waals surface area contributed by atoms with Gasteiger partial charge in [0.15, 0.2) is 0 Å². The Labute approximate surface area is 171 Å². The zero-order chi connectivity index (χ0) is 20.4. The van der Waals surface area contributed by atoms with E-state index >= 15 is 0 Å². The first-order valence-electron chi connectivity index (χ1n) is 9.03. The van der Waals surface area contributed by atoms with Crippen molar-refractivity contribution in [1.82, 2.24) is 4.72 Å². The standard InChI is InChI=1S/C21H24ClNO4S/c1-2-27-21(24)12-9-17-3-5-18(6-4-17)13-15-23-28(25,26)16-14-19-7-10-20(22)11-8-19/h3-12,23H,2,13-16H2,1H3. The third-order valence-electron chi connectivity index (χ3n) is 3.99. The van der Waals surface area contributed by atoms with Crippen LogP contribution in [0.15, 0.2) is 54.6 Å². The first kappa shape index (κ1) is 22.1. The third kappa shape index (κ3) is 8.25. The van der Waals surface area contributed by atoms with Crippen molar-refractivity contribution in [2.75, 3.05) is 18.9 Å². The number of aryl methyl sites for hydroxylation is 1. The molecule has 0 aliphatic heterocycles. The zero-order valence-electron chi connectivity index (χ0n) is 15.7. The minimum atomic E-state index is -3.34. The van der Waals surface area contributed by atoms with E-state index in [0.717, 1.165) is 16.7 Å². The van der Waals surface area contributed by atoms with Crippen LogP contribution in [0.25, 0.3) is 6.08 Å². The monoisotopic (exact) mass is 421 g/mol. The van der Waals surface area contributed by atoms with Crippen LogP contribution in [-0.4, -0.2) is 33.3 Å². The topological polar surface area (TPSA) is 72.5 Å². The SMILES string of the molecule is CCOC(=O)C=Cc1ccc(CCNS(=O)(=O)CCc2ccc(Cl)cc2)cc1. The summed E-state index contributed by atoms with van der Waals surface area (Å²) in [5.41, 5.74) is 2.82. The van der Waals surface area contributed by atoms with Gasteiger partial charge >= 0.3 is 5.97 Å². The molecule has 2 aromatic carbocycles. The minimum absolute atomic E-state index is 0.0340. The van der Waals surface area contributed by atoms with Gasteiger partial charge in [0.05, 0.1) is 12.4 Å². The fourth-order valence-corrected chi connectivity index (χ4v) is 3.66. The molecule has 0 saturated carbocycles. The summed E-state index contributed by atoms with van der Waals surface area (Å²) in [5.74, 6) is -0.341. The average molecular weight is 422 g/mol. The van der Waals surface area contributed by atoms with Crippen molar-refractivity contribution >= 4 is 33.7 Å². The molecule has 150 valence electrons. The number of carbonyl (C=O) groups is 1. The van der Waals surface area contributed by atoms with Crippen molar-refractivity contribution in [1.29, 1.82) is 0 Å². The lowest BCUT2D eigenvalue weighted by molar-refractivity contribution is -0.137. The van der Waals surface area contributed by atoms with Crippen molar-refractivity contribution in [3.05, 3.63) is 76.3 Å². The highest BCUT2D eigenvalue weighted by molar-refractivity contribution is 7.89. The molecule has 7 heteroatoms. The molecule has 0 amide bonds. The molecule has 28 heavy (non-hydrogen) atoms. The van der Waals surface area contributed by atoms with Crippen molar-refractivity contribution in [3.63, 3.8) is 0 Å². The maximum absolute atomic E-state index is 12.1. The lowest BCUT2D eigenvalue weighted by atomic mass is 10.1. The first-order valence-corrected chi connectivity index (χ1v) is 11.1. The number of hydrogen-bond acceptors (Lipinski definition) is 4. The van der Waals surface area contributed by atoms with E-state index in [0.29, 0.717) is 31.0 Å². The summed E-state index contributed by atoms with van der Waals surface area (Å²) in [6.45, 7) is 2.44. The molecule has 0 bridgehead atoms. The van der Waals surface area contributed by atoms with Gasteiger partial charge in [-0.2, -0.15) is 0 Å². The molecule has 0 atom stereocenters. The van der Waals surface area contributed by atoms with Crippen LogP contribution in [0, 0.1) is 0 Å². The molecule has 0 unspecified atom stereocenters. The van der Waals surface area contributed by atoms with Crippen LogP contribution >= 0.6 is 11.6 Å². The normalized spacial score (nSPS) is 11.6. The van der Waals surface area contributed by atoms with E-state index in [1.165, 1.54) is 6.08 Å². The van der Waals surface area contributed by atoms with Crippen LogP contribution in [-0.2, 0) is 32.4 Å². The fraction of sp³-hybridized carbons (Fsp3) is 0.286. The lowest BCUT2D eigenvalue weighted by Gasteiger charge is -2.07. The molecule has 2 aromatic rings. The molecular formula is C21H24ClNO4S. The average Bonchev–Trinajstić information content (AvgIpc) is 2.67. The summed E-state index contributed by atoms with van der Waals surface area (Å²) in [7, 11) is -3.34. The number of sulfonamides is 1. The van der Waals surface area contributed by atoms with Gasteiger partial charge in [0.2, 0.25) is 10.0 Å². The molecule has 0 heterocycles. The Kier molecular flexibility index (Phi) is 8.70. The van der Waals surface area contributed by atoms with E-state index in [-0.39, 0.29) is 11.7 Å². The molecule has 0 fully saturated rings. The molecule has 0 saturated heterocycles. The summed E-state index contributed by atoms with van der Waals surface area (Å²) in [5, 5.41) is 0.632. The molecule has 0 radical (unpaired) electrons. The summed E-state index contributed by atoms with van der Waals surface area (Å²) >= 11 is 5.83. The highest BCUT2D eigenvalue weighted by Gasteiger charge is 2.10. The number of ether oxygens (including phenoxy) is 1. The number of esters is 1. The maximum Gasteiger partial charge on any atom is 0.330 e. The third-order valence-corrected chi connectivity index (χ3v) is 5.62. The van der Waals surface area contributed by atoms with Gasteiger partial charge in [0, 0.05) is 17.6 Å². The van der Waals surface area contributed by atoms with Gasteiger partial charge in [0.25, 0.3) is 0 Å². The first-order chi connectivity index (χ1) is 13.4. The van der Waals surface area contributed by atoms with Gasteiger partial charge in [-0.1, -0.05) is 48.0 Å². The maximum atomic E-state index is 12.1. The number of hydrogen-bond donors (Lipinski definition) is 1. The van der Waals surface area contributed by atoms with Crippen LogP contribution in [0.3, 0.4) is 0 Å². The van der Waals surface area contributed by atoms with Crippen molar-refractivity contribution in [2.45, 2.75) is 19.8 Å². The van der Waals surface area contributed by atoms with Gasteiger partial charge in [-0.3, -0.25) is 0 Å². The number of carbonyl (C=O) groups excluding carboxylic acids is 1. The lowest BCUT2D eigenvalue weighted by Crippen LogP contribution is -2.29.